The first-order valence-corrected chi connectivity index (χ1v) is 7.76. The van der Waals surface area contributed by atoms with Gasteiger partial charge in [0.05, 0.1) is 0 Å². The van der Waals surface area contributed by atoms with Crippen molar-refractivity contribution in [3.05, 3.63) is 48.0 Å². The standard InChI is InChI=1S/C18H22N2O/c1-2-18(21)20(17-9-10-19-12-17)13-14-7-8-15-5-3-4-6-16(15)11-14/h3-8,11,17,19H,2,9-10,12-13H2,1H3/t17-/m1/s1. The van der Waals surface area contributed by atoms with Crippen molar-refractivity contribution in [3.63, 3.8) is 0 Å². The van der Waals surface area contributed by atoms with Gasteiger partial charge in [-0.3, -0.25) is 4.79 Å². The minimum absolute atomic E-state index is 0.247. The van der Waals surface area contributed by atoms with Crippen LogP contribution in [0.1, 0.15) is 25.3 Å². The van der Waals surface area contributed by atoms with Crippen molar-refractivity contribution >= 4 is 16.7 Å². The first-order valence-electron chi connectivity index (χ1n) is 7.76. The zero-order valence-electron chi connectivity index (χ0n) is 12.5. The average Bonchev–Trinajstić information content (AvgIpc) is 3.06. The Morgan fingerprint density at radius 3 is 2.76 bits per heavy atom. The molecule has 1 saturated heterocycles. The summed E-state index contributed by atoms with van der Waals surface area (Å²) < 4.78 is 0. The Balaban J connectivity index is 1.84. The number of carbonyl (C=O) groups is 1. The molecule has 2 aromatic carbocycles. The molecule has 2 aromatic rings. The summed E-state index contributed by atoms with van der Waals surface area (Å²) in [4.78, 5) is 14.3. The van der Waals surface area contributed by atoms with E-state index in [0.29, 0.717) is 19.0 Å². The molecule has 0 aliphatic carbocycles. The minimum Gasteiger partial charge on any atom is -0.334 e. The molecule has 0 aromatic heterocycles. The molecule has 1 aliphatic heterocycles. The molecule has 110 valence electrons. The SMILES string of the molecule is CCC(=O)N(Cc1ccc2ccccc2c1)[C@@H]1CCNC1. The van der Waals surface area contributed by atoms with Gasteiger partial charge in [0.25, 0.3) is 0 Å². The summed E-state index contributed by atoms with van der Waals surface area (Å²) in [5.74, 6) is 0.247. The van der Waals surface area contributed by atoms with Crippen LogP contribution in [-0.4, -0.2) is 29.9 Å². The van der Waals surface area contributed by atoms with Crippen LogP contribution in [0.3, 0.4) is 0 Å². The highest BCUT2D eigenvalue weighted by atomic mass is 16.2. The van der Waals surface area contributed by atoms with E-state index in [1.165, 1.54) is 16.3 Å². The van der Waals surface area contributed by atoms with Gasteiger partial charge in [0.2, 0.25) is 5.91 Å². The predicted octanol–water partition coefficient (Wildman–Crippen LogP) is 2.94. The maximum absolute atomic E-state index is 12.3. The van der Waals surface area contributed by atoms with Crippen molar-refractivity contribution < 1.29 is 4.79 Å². The first kappa shape index (κ1) is 14.1. The van der Waals surface area contributed by atoms with Gasteiger partial charge in [-0.2, -0.15) is 0 Å². The van der Waals surface area contributed by atoms with Crippen LogP contribution in [0.4, 0.5) is 0 Å². The second kappa shape index (κ2) is 6.27. The van der Waals surface area contributed by atoms with Gasteiger partial charge in [-0.05, 0) is 35.4 Å². The van der Waals surface area contributed by atoms with Crippen LogP contribution in [0.15, 0.2) is 42.5 Å². The van der Waals surface area contributed by atoms with Crippen molar-refractivity contribution in [2.75, 3.05) is 13.1 Å². The molecule has 1 aliphatic rings. The normalized spacial score (nSPS) is 18.0. The average molecular weight is 282 g/mol. The summed E-state index contributed by atoms with van der Waals surface area (Å²) >= 11 is 0. The Morgan fingerprint density at radius 2 is 2.05 bits per heavy atom. The third-order valence-corrected chi connectivity index (χ3v) is 4.26. The van der Waals surface area contributed by atoms with E-state index in [4.69, 9.17) is 0 Å². The summed E-state index contributed by atoms with van der Waals surface area (Å²) in [6.07, 6.45) is 1.63. The second-order valence-electron chi connectivity index (χ2n) is 5.70. The lowest BCUT2D eigenvalue weighted by molar-refractivity contribution is -0.133. The molecule has 1 N–H and O–H groups in total. The summed E-state index contributed by atoms with van der Waals surface area (Å²) in [7, 11) is 0. The van der Waals surface area contributed by atoms with Gasteiger partial charge in [0.15, 0.2) is 0 Å². The van der Waals surface area contributed by atoms with Crippen molar-refractivity contribution in [1.82, 2.24) is 10.2 Å². The van der Waals surface area contributed by atoms with Crippen LogP contribution in [0.2, 0.25) is 0 Å². The third-order valence-electron chi connectivity index (χ3n) is 4.26. The lowest BCUT2D eigenvalue weighted by atomic mass is 10.1. The Kier molecular flexibility index (Phi) is 4.20. The number of nitrogens with one attached hydrogen (secondary N) is 1. The van der Waals surface area contributed by atoms with Crippen molar-refractivity contribution in [2.24, 2.45) is 0 Å². The highest BCUT2D eigenvalue weighted by molar-refractivity contribution is 5.83. The molecule has 0 saturated carbocycles. The number of carbonyl (C=O) groups excluding carboxylic acids is 1. The van der Waals surface area contributed by atoms with Gasteiger partial charge in [-0.25, -0.2) is 0 Å². The summed E-state index contributed by atoms with van der Waals surface area (Å²) in [6, 6.07) is 15.2. The van der Waals surface area contributed by atoms with Crippen LogP contribution in [0, 0.1) is 0 Å². The number of benzene rings is 2. The van der Waals surface area contributed by atoms with Gasteiger partial charge in [-0.1, -0.05) is 43.3 Å². The minimum atomic E-state index is 0.247. The van der Waals surface area contributed by atoms with Crippen LogP contribution >= 0.6 is 0 Å². The topological polar surface area (TPSA) is 32.3 Å². The summed E-state index contributed by atoms with van der Waals surface area (Å²) in [5, 5.41) is 5.84. The van der Waals surface area contributed by atoms with Gasteiger partial charge >= 0.3 is 0 Å². The fourth-order valence-corrected chi connectivity index (χ4v) is 3.06. The molecule has 3 nitrogen and oxygen atoms in total. The summed E-state index contributed by atoms with van der Waals surface area (Å²) in [6.45, 7) is 4.58. The van der Waals surface area contributed by atoms with Crippen molar-refractivity contribution in [1.29, 1.82) is 0 Å². The van der Waals surface area contributed by atoms with Gasteiger partial charge in [-0.15, -0.1) is 0 Å². The molecular weight excluding hydrogens is 260 g/mol. The fraction of sp³-hybridized carbons (Fsp3) is 0.389. The monoisotopic (exact) mass is 282 g/mol. The predicted molar refractivity (Wildman–Crippen MR) is 86.1 cm³/mol. The lowest BCUT2D eigenvalue weighted by Crippen LogP contribution is -2.40. The molecule has 0 radical (unpaired) electrons. The highest BCUT2D eigenvalue weighted by Crippen LogP contribution is 2.19. The first-order chi connectivity index (χ1) is 10.3. The number of fused-ring (bicyclic) bond motifs is 1. The smallest absolute Gasteiger partial charge is 0.222 e. The van der Waals surface area contributed by atoms with Crippen LogP contribution < -0.4 is 5.32 Å². The molecule has 1 atom stereocenters. The zero-order chi connectivity index (χ0) is 14.7. The number of hydrogen-bond acceptors (Lipinski definition) is 2. The lowest BCUT2D eigenvalue weighted by Gasteiger charge is -2.28. The van der Waals surface area contributed by atoms with E-state index < -0.39 is 0 Å². The van der Waals surface area contributed by atoms with E-state index >= 15 is 0 Å². The second-order valence-corrected chi connectivity index (χ2v) is 5.70. The quantitative estimate of drug-likeness (QED) is 0.935. The van der Waals surface area contributed by atoms with Gasteiger partial charge in [0, 0.05) is 25.6 Å². The van der Waals surface area contributed by atoms with Crippen LogP contribution in [0.5, 0.6) is 0 Å². The largest absolute Gasteiger partial charge is 0.334 e. The molecule has 21 heavy (non-hydrogen) atoms. The zero-order valence-corrected chi connectivity index (χ0v) is 12.5. The molecule has 1 amide bonds. The number of hydrogen-bond donors (Lipinski definition) is 1. The van der Waals surface area contributed by atoms with Gasteiger partial charge < -0.3 is 10.2 Å². The maximum atomic E-state index is 12.3. The van der Waals surface area contributed by atoms with Crippen molar-refractivity contribution in [2.45, 2.75) is 32.4 Å². The van der Waals surface area contributed by atoms with E-state index in [1.807, 2.05) is 11.8 Å². The Morgan fingerprint density at radius 1 is 1.24 bits per heavy atom. The Labute approximate surface area is 125 Å². The molecule has 3 heteroatoms. The van der Waals surface area contributed by atoms with Gasteiger partial charge in [0.1, 0.15) is 0 Å². The fourth-order valence-electron chi connectivity index (χ4n) is 3.06. The summed E-state index contributed by atoms with van der Waals surface area (Å²) in [5.41, 5.74) is 1.21. The van der Waals surface area contributed by atoms with E-state index in [2.05, 4.69) is 47.8 Å². The number of rotatable bonds is 4. The molecular formula is C18H22N2O. The van der Waals surface area contributed by atoms with E-state index in [9.17, 15) is 4.79 Å². The molecule has 0 bridgehead atoms. The Bertz CT molecular complexity index is 632. The van der Waals surface area contributed by atoms with Crippen molar-refractivity contribution in [3.8, 4) is 0 Å². The molecule has 1 heterocycles. The van der Waals surface area contributed by atoms with Crippen LogP contribution in [-0.2, 0) is 11.3 Å². The highest BCUT2D eigenvalue weighted by Gasteiger charge is 2.25. The van der Waals surface area contributed by atoms with E-state index in [0.717, 1.165) is 19.5 Å². The van der Waals surface area contributed by atoms with E-state index in [1.54, 1.807) is 0 Å². The number of amides is 1. The Hall–Kier alpha value is -1.87. The third kappa shape index (κ3) is 3.08. The molecule has 0 unspecified atom stereocenters. The maximum Gasteiger partial charge on any atom is 0.222 e. The molecule has 3 rings (SSSR count). The number of nitrogens with zero attached hydrogens (tertiary/aromatic N) is 1. The molecule has 0 spiro atoms. The molecule has 1 fully saturated rings. The van der Waals surface area contributed by atoms with Crippen LogP contribution in [0.25, 0.3) is 10.8 Å². The van der Waals surface area contributed by atoms with E-state index in [-0.39, 0.29) is 5.91 Å².